The lowest BCUT2D eigenvalue weighted by atomic mass is 10.2. The monoisotopic (exact) mass is 376 g/mol. The summed E-state index contributed by atoms with van der Waals surface area (Å²) >= 11 is 0. The number of benzene rings is 1. The zero-order valence-corrected chi connectivity index (χ0v) is 14.6. The lowest BCUT2D eigenvalue weighted by Crippen LogP contribution is -2.33. The van der Waals surface area contributed by atoms with E-state index in [1.54, 1.807) is 6.07 Å². The minimum Gasteiger partial charge on any atom is -0.442 e. The van der Waals surface area contributed by atoms with E-state index in [1.165, 1.54) is 48.2 Å². The Morgan fingerprint density at radius 3 is 3.07 bits per heavy atom. The number of hydrogen-bond acceptors (Lipinski definition) is 7. The van der Waals surface area contributed by atoms with Crippen molar-refractivity contribution < 1.29 is 23.6 Å². The number of oxime groups is 1. The first kappa shape index (κ1) is 18.3. The zero-order chi connectivity index (χ0) is 19.4. The fourth-order valence-electron chi connectivity index (χ4n) is 2.51. The van der Waals surface area contributed by atoms with Gasteiger partial charge in [0.2, 0.25) is 5.91 Å². The SMILES string of the molecule is CON=Cc1cn(-c2ccc(N3C[C@H](CNC(C)=O)OC3=O)cc2F)nn1. The molecule has 3 rings (SSSR count). The normalized spacial score (nSPS) is 16.6. The number of nitrogens with one attached hydrogen (secondary N) is 1. The molecule has 2 aromatic rings. The molecular formula is C16H17FN6O4. The molecule has 0 radical (unpaired) electrons. The van der Waals surface area contributed by atoms with Gasteiger partial charge in [0.05, 0.1) is 31.2 Å². The van der Waals surface area contributed by atoms with E-state index in [4.69, 9.17) is 4.74 Å². The van der Waals surface area contributed by atoms with E-state index in [2.05, 4.69) is 25.6 Å². The third-order valence-corrected chi connectivity index (χ3v) is 3.74. The number of nitrogens with zero attached hydrogens (tertiary/aromatic N) is 5. The highest BCUT2D eigenvalue weighted by Crippen LogP contribution is 2.25. The van der Waals surface area contributed by atoms with Crippen LogP contribution in [0.1, 0.15) is 12.6 Å². The van der Waals surface area contributed by atoms with E-state index in [0.29, 0.717) is 11.4 Å². The molecule has 27 heavy (non-hydrogen) atoms. The average molecular weight is 376 g/mol. The smallest absolute Gasteiger partial charge is 0.414 e. The van der Waals surface area contributed by atoms with Crippen molar-refractivity contribution in [3.8, 4) is 5.69 Å². The molecule has 0 bridgehead atoms. The molecule has 0 saturated carbocycles. The van der Waals surface area contributed by atoms with Crippen molar-refractivity contribution in [2.24, 2.45) is 5.16 Å². The molecular weight excluding hydrogens is 359 g/mol. The van der Waals surface area contributed by atoms with Crippen LogP contribution in [0.2, 0.25) is 0 Å². The van der Waals surface area contributed by atoms with E-state index < -0.39 is 18.0 Å². The highest BCUT2D eigenvalue weighted by molar-refractivity contribution is 5.90. The maximum atomic E-state index is 14.5. The second-order valence-electron chi connectivity index (χ2n) is 5.69. The summed E-state index contributed by atoms with van der Waals surface area (Å²) in [5, 5.41) is 13.8. The summed E-state index contributed by atoms with van der Waals surface area (Å²) < 4.78 is 21.0. The maximum Gasteiger partial charge on any atom is 0.414 e. The van der Waals surface area contributed by atoms with Crippen LogP contribution in [0.5, 0.6) is 0 Å². The van der Waals surface area contributed by atoms with Crippen LogP contribution in [-0.4, -0.2) is 59.5 Å². The number of amides is 2. The molecule has 10 nitrogen and oxygen atoms in total. The largest absolute Gasteiger partial charge is 0.442 e. The van der Waals surface area contributed by atoms with E-state index in [9.17, 15) is 14.0 Å². The third kappa shape index (κ3) is 4.19. The average Bonchev–Trinajstić information content (AvgIpc) is 3.24. The number of aromatic nitrogens is 3. The lowest BCUT2D eigenvalue weighted by molar-refractivity contribution is -0.119. The Morgan fingerprint density at radius 2 is 2.37 bits per heavy atom. The van der Waals surface area contributed by atoms with Gasteiger partial charge in [-0.1, -0.05) is 10.4 Å². The van der Waals surface area contributed by atoms with Gasteiger partial charge >= 0.3 is 6.09 Å². The van der Waals surface area contributed by atoms with Crippen LogP contribution in [0.3, 0.4) is 0 Å². The standard InChI is InChI=1S/C16H17FN6O4/c1-10(24)18-7-13-9-22(16(25)27-13)12-3-4-15(14(17)5-12)23-8-11(20-21-23)6-19-26-2/h3-6,8,13H,7,9H2,1-2H3,(H,18,24)/t13-/m0/s1. The number of halogens is 1. The van der Waals surface area contributed by atoms with Crippen LogP contribution in [0.15, 0.2) is 29.6 Å². The van der Waals surface area contributed by atoms with Crippen LogP contribution in [0, 0.1) is 5.82 Å². The van der Waals surface area contributed by atoms with Gasteiger partial charge in [0.15, 0.2) is 5.82 Å². The Kier molecular flexibility index (Phi) is 5.29. The van der Waals surface area contributed by atoms with E-state index in [0.717, 1.165) is 0 Å². The third-order valence-electron chi connectivity index (χ3n) is 3.74. The summed E-state index contributed by atoms with van der Waals surface area (Å²) in [6.45, 7) is 1.78. The second kappa shape index (κ2) is 7.81. The van der Waals surface area contributed by atoms with Gasteiger partial charge < -0.3 is 14.9 Å². The first-order chi connectivity index (χ1) is 13.0. The Morgan fingerprint density at radius 1 is 1.56 bits per heavy atom. The Hall–Kier alpha value is -3.50. The number of hydrogen-bond donors (Lipinski definition) is 1. The van der Waals surface area contributed by atoms with Crippen LogP contribution in [0.25, 0.3) is 5.69 Å². The van der Waals surface area contributed by atoms with Crippen molar-refractivity contribution in [1.29, 1.82) is 0 Å². The highest BCUT2D eigenvalue weighted by Gasteiger charge is 2.32. The number of carbonyl (C=O) groups is 2. The molecule has 1 saturated heterocycles. The molecule has 0 unspecified atom stereocenters. The number of rotatable bonds is 6. The summed E-state index contributed by atoms with van der Waals surface area (Å²) in [7, 11) is 1.39. The fraction of sp³-hybridized carbons (Fsp3) is 0.312. The lowest BCUT2D eigenvalue weighted by Gasteiger charge is -2.14. The Bertz CT molecular complexity index is 884. The molecule has 1 fully saturated rings. The number of anilines is 1. The van der Waals surface area contributed by atoms with Gasteiger partial charge in [-0.05, 0) is 18.2 Å². The van der Waals surface area contributed by atoms with Crippen molar-refractivity contribution in [1.82, 2.24) is 20.3 Å². The predicted octanol–water partition coefficient (Wildman–Crippen LogP) is 0.848. The summed E-state index contributed by atoms with van der Waals surface area (Å²) in [6, 6.07) is 4.26. The molecule has 11 heteroatoms. The minimum atomic E-state index is -0.601. The van der Waals surface area contributed by atoms with Gasteiger partial charge in [0.25, 0.3) is 0 Å². The van der Waals surface area contributed by atoms with Crippen LogP contribution in [0.4, 0.5) is 14.9 Å². The summed E-state index contributed by atoms with van der Waals surface area (Å²) in [5.74, 6) is -0.812. The quantitative estimate of drug-likeness (QED) is 0.591. The van der Waals surface area contributed by atoms with E-state index >= 15 is 0 Å². The molecule has 1 aromatic heterocycles. The van der Waals surface area contributed by atoms with Gasteiger partial charge in [-0.3, -0.25) is 9.69 Å². The Labute approximate surface area is 153 Å². The van der Waals surface area contributed by atoms with Crippen LogP contribution < -0.4 is 10.2 Å². The van der Waals surface area contributed by atoms with Crippen molar-refractivity contribution in [3.63, 3.8) is 0 Å². The molecule has 1 aromatic carbocycles. The van der Waals surface area contributed by atoms with Gasteiger partial charge in [0.1, 0.15) is 24.6 Å². The topological polar surface area (TPSA) is 111 Å². The first-order valence-corrected chi connectivity index (χ1v) is 7.99. The maximum absolute atomic E-state index is 14.5. The van der Waals surface area contributed by atoms with Gasteiger partial charge in [-0.25, -0.2) is 13.9 Å². The number of cyclic esters (lactones) is 1. The predicted molar refractivity (Wildman–Crippen MR) is 92.2 cm³/mol. The highest BCUT2D eigenvalue weighted by atomic mass is 19.1. The minimum absolute atomic E-state index is 0.158. The van der Waals surface area contributed by atoms with Crippen LogP contribution in [-0.2, 0) is 14.4 Å². The van der Waals surface area contributed by atoms with E-state index in [-0.39, 0.29) is 24.7 Å². The van der Waals surface area contributed by atoms with Crippen LogP contribution >= 0.6 is 0 Å². The molecule has 0 spiro atoms. The molecule has 1 atom stereocenters. The molecule has 1 aliphatic heterocycles. The molecule has 2 heterocycles. The van der Waals surface area contributed by atoms with Gasteiger partial charge in [0, 0.05) is 6.92 Å². The zero-order valence-electron chi connectivity index (χ0n) is 14.6. The van der Waals surface area contributed by atoms with Crippen molar-refractivity contribution in [2.75, 3.05) is 25.1 Å². The fourth-order valence-corrected chi connectivity index (χ4v) is 2.51. The molecule has 2 amide bonds. The van der Waals surface area contributed by atoms with E-state index in [1.807, 2.05) is 0 Å². The van der Waals surface area contributed by atoms with Gasteiger partial charge in [-0.15, -0.1) is 5.10 Å². The van der Waals surface area contributed by atoms with Gasteiger partial charge in [-0.2, -0.15) is 0 Å². The Balaban J connectivity index is 1.75. The molecule has 1 N–H and O–H groups in total. The van der Waals surface area contributed by atoms with Crippen molar-refractivity contribution in [3.05, 3.63) is 35.9 Å². The molecule has 142 valence electrons. The number of carbonyl (C=O) groups excluding carboxylic acids is 2. The van der Waals surface area contributed by atoms with Crippen molar-refractivity contribution in [2.45, 2.75) is 13.0 Å². The summed E-state index contributed by atoms with van der Waals surface area (Å²) in [4.78, 5) is 28.8. The van der Waals surface area contributed by atoms with Crippen molar-refractivity contribution >= 4 is 23.9 Å². The first-order valence-electron chi connectivity index (χ1n) is 7.99. The summed E-state index contributed by atoms with van der Waals surface area (Å²) in [5.41, 5.74) is 0.891. The number of ether oxygens (including phenoxy) is 1. The molecule has 0 aliphatic carbocycles. The summed E-state index contributed by atoms with van der Waals surface area (Å²) in [6.07, 6.45) is 1.72. The second-order valence-corrected chi connectivity index (χ2v) is 5.69. The molecule has 1 aliphatic rings.